The van der Waals surface area contributed by atoms with Crippen molar-refractivity contribution in [3.8, 4) is 0 Å². The lowest BCUT2D eigenvalue weighted by atomic mass is 10.0. The topological polar surface area (TPSA) is 3.24 Å². The largest absolute Gasteiger partial charge is 0.292 e. The van der Waals surface area contributed by atoms with E-state index in [0.29, 0.717) is 6.04 Å². The van der Waals surface area contributed by atoms with Crippen LogP contribution in [0.4, 0.5) is 0 Å². The molecule has 0 fully saturated rings. The van der Waals surface area contributed by atoms with Gasteiger partial charge < -0.3 is 0 Å². The molecule has 1 unspecified atom stereocenters. The molecule has 0 aromatic carbocycles. The molecule has 2 heterocycles. The molecule has 1 aromatic rings. The molecule has 1 nitrogen and oxygen atoms in total. The summed E-state index contributed by atoms with van der Waals surface area (Å²) in [6, 6.07) is 2.67. The fourth-order valence-electron chi connectivity index (χ4n) is 2.33. The number of rotatable bonds is 4. The van der Waals surface area contributed by atoms with Gasteiger partial charge in [-0.3, -0.25) is 4.90 Å². The van der Waals surface area contributed by atoms with Crippen molar-refractivity contribution in [3.05, 3.63) is 58.8 Å². The van der Waals surface area contributed by atoms with E-state index in [0.717, 1.165) is 13.1 Å². The van der Waals surface area contributed by atoms with Crippen LogP contribution in [0.3, 0.4) is 0 Å². The summed E-state index contributed by atoms with van der Waals surface area (Å²) in [7, 11) is 0. The molecule has 0 saturated carbocycles. The molecule has 0 bridgehead atoms. The SMILES string of the molecule is C=C/C=C(\C=C)C(C)N1CCc2sccc2C1. The molecule has 0 radical (unpaired) electrons. The smallest absolute Gasteiger partial charge is 0.0323 e. The number of nitrogens with zero attached hydrogens (tertiary/aromatic N) is 1. The minimum absolute atomic E-state index is 0.415. The number of hydrogen-bond donors (Lipinski definition) is 0. The van der Waals surface area contributed by atoms with E-state index in [1.54, 1.807) is 4.88 Å². The maximum atomic E-state index is 3.89. The third kappa shape index (κ3) is 2.59. The highest BCUT2D eigenvalue weighted by Crippen LogP contribution is 2.26. The first kappa shape index (κ1) is 12.3. The van der Waals surface area contributed by atoms with E-state index in [-0.39, 0.29) is 0 Å². The summed E-state index contributed by atoms with van der Waals surface area (Å²) < 4.78 is 0. The Morgan fingerprint density at radius 3 is 3.06 bits per heavy atom. The van der Waals surface area contributed by atoms with Crippen LogP contribution in [0.2, 0.25) is 0 Å². The van der Waals surface area contributed by atoms with E-state index in [2.05, 4.69) is 42.5 Å². The second-order valence-corrected chi connectivity index (χ2v) is 5.37. The molecular formula is C15H19NS. The van der Waals surface area contributed by atoms with Crippen LogP contribution >= 0.6 is 11.3 Å². The molecular weight excluding hydrogens is 226 g/mol. The van der Waals surface area contributed by atoms with Gasteiger partial charge in [0, 0.05) is 24.0 Å². The summed E-state index contributed by atoms with van der Waals surface area (Å²) in [5.74, 6) is 0. The van der Waals surface area contributed by atoms with Gasteiger partial charge in [-0.15, -0.1) is 11.3 Å². The monoisotopic (exact) mass is 245 g/mol. The summed E-state index contributed by atoms with van der Waals surface area (Å²) >= 11 is 1.89. The summed E-state index contributed by atoms with van der Waals surface area (Å²) in [6.45, 7) is 12.1. The van der Waals surface area contributed by atoms with E-state index in [1.165, 1.54) is 17.6 Å². The first-order chi connectivity index (χ1) is 8.26. The summed E-state index contributed by atoms with van der Waals surface area (Å²) in [4.78, 5) is 4.06. The van der Waals surface area contributed by atoms with Gasteiger partial charge in [0.05, 0.1) is 0 Å². The lowest BCUT2D eigenvalue weighted by Gasteiger charge is -2.33. The van der Waals surface area contributed by atoms with Crippen LogP contribution in [0, 0.1) is 0 Å². The molecule has 1 atom stereocenters. The highest BCUT2D eigenvalue weighted by Gasteiger charge is 2.22. The Hall–Kier alpha value is -1.12. The van der Waals surface area contributed by atoms with Crippen LogP contribution in [-0.4, -0.2) is 17.5 Å². The van der Waals surface area contributed by atoms with E-state index in [4.69, 9.17) is 0 Å². The van der Waals surface area contributed by atoms with Crippen molar-refractivity contribution in [2.75, 3.05) is 6.54 Å². The molecule has 1 aliphatic heterocycles. The number of thiophene rings is 1. The Morgan fingerprint density at radius 2 is 2.35 bits per heavy atom. The van der Waals surface area contributed by atoms with Crippen LogP contribution in [0.1, 0.15) is 17.4 Å². The highest BCUT2D eigenvalue weighted by atomic mass is 32.1. The summed E-state index contributed by atoms with van der Waals surface area (Å²) in [6.07, 6.45) is 7.01. The molecule has 17 heavy (non-hydrogen) atoms. The summed E-state index contributed by atoms with van der Waals surface area (Å²) in [5, 5.41) is 2.20. The van der Waals surface area contributed by atoms with Crippen molar-refractivity contribution in [2.24, 2.45) is 0 Å². The molecule has 0 saturated heterocycles. The predicted octanol–water partition coefficient (Wildman–Crippen LogP) is 3.79. The number of hydrogen-bond acceptors (Lipinski definition) is 2. The molecule has 0 amide bonds. The fraction of sp³-hybridized carbons (Fsp3) is 0.333. The van der Waals surface area contributed by atoms with Gasteiger partial charge in [-0.05, 0) is 35.9 Å². The molecule has 90 valence electrons. The van der Waals surface area contributed by atoms with Crippen LogP contribution in [0.25, 0.3) is 0 Å². The molecule has 0 spiro atoms. The number of fused-ring (bicyclic) bond motifs is 1. The average Bonchev–Trinajstić information content (AvgIpc) is 2.82. The maximum absolute atomic E-state index is 3.89. The van der Waals surface area contributed by atoms with E-state index >= 15 is 0 Å². The Balaban J connectivity index is 2.12. The first-order valence-electron chi connectivity index (χ1n) is 6.00. The zero-order valence-electron chi connectivity index (χ0n) is 10.4. The molecule has 1 aliphatic rings. The van der Waals surface area contributed by atoms with Crippen LogP contribution in [0.15, 0.2) is 48.4 Å². The van der Waals surface area contributed by atoms with E-state index in [9.17, 15) is 0 Å². The average molecular weight is 245 g/mol. The predicted molar refractivity (Wildman–Crippen MR) is 76.4 cm³/mol. The zero-order valence-corrected chi connectivity index (χ0v) is 11.2. The van der Waals surface area contributed by atoms with Gasteiger partial charge in [-0.1, -0.05) is 31.4 Å². The molecule has 0 N–H and O–H groups in total. The summed E-state index contributed by atoms with van der Waals surface area (Å²) in [5.41, 5.74) is 2.74. The van der Waals surface area contributed by atoms with Gasteiger partial charge in [0.1, 0.15) is 0 Å². The van der Waals surface area contributed by atoms with Gasteiger partial charge in [-0.2, -0.15) is 0 Å². The van der Waals surface area contributed by atoms with Gasteiger partial charge >= 0.3 is 0 Å². The van der Waals surface area contributed by atoms with Crippen molar-refractivity contribution in [1.82, 2.24) is 4.90 Å². The van der Waals surface area contributed by atoms with Crippen molar-refractivity contribution in [1.29, 1.82) is 0 Å². The normalized spacial score (nSPS) is 18.5. The minimum atomic E-state index is 0.415. The standard InChI is InChI=1S/C15H19NS/c1-4-6-13(5-2)12(3)16-9-7-15-14(11-16)8-10-17-15/h4-6,8,10,12H,1-2,7,9,11H2,3H3/b13-6+. The van der Waals surface area contributed by atoms with Crippen molar-refractivity contribution < 1.29 is 0 Å². The fourth-order valence-corrected chi connectivity index (χ4v) is 3.22. The van der Waals surface area contributed by atoms with Gasteiger partial charge in [0.2, 0.25) is 0 Å². The van der Waals surface area contributed by atoms with E-state index < -0.39 is 0 Å². The lowest BCUT2D eigenvalue weighted by molar-refractivity contribution is 0.218. The molecule has 1 aromatic heterocycles. The van der Waals surface area contributed by atoms with Gasteiger partial charge in [0.15, 0.2) is 0 Å². The van der Waals surface area contributed by atoms with Crippen LogP contribution in [-0.2, 0) is 13.0 Å². The molecule has 2 heteroatoms. The maximum Gasteiger partial charge on any atom is 0.0323 e. The molecule has 2 rings (SSSR count). The third-order valence-corrected chi connectivity index (χ3v) is 4.44. The van der Waals surface area contributed by atoms with Crippen molar-refractivity contribution in [2.45, 2.75) is 25.9 Å². The quantitative estimate of drug-likeness (QED) is 0.729. The Labute approximate surface area is 108 Å². The first-order valence-corrected chi connectivity index (χ1v) is 6.88. The number of allylic oxidation sites excluding steroid dienone is 2. The highest BCUT2D eigenvalue weighted by molar-refractivity contribution is 7.10. The second-order valence-electron chi connectivity index (χ2n) is 4.37. The second kappa shape index (κ2) is 5.48. The molecule has 0 aliphatic carbocycles. The Bertz CT molecular complexity index is 442. The minimum Gasteiger partial charge on any atom is -0.292 e. The van der Waals surface area contributed by atoms with Gasteiger partial charge in [-0.25, -0.2) is 0 Å². The third-order valence-electron chi connectivity index (χ3n) is 3.41. The van der Waals surface area contributed by atoms with Gasteiger partial charge in [0.25, 0.3) is 0 Å². The Morgan fingerprint density at radius 1 is 1.53 bits per heavy atom. The zero-order chi connectivity index (χ0) is 12.3. The van der Waals surface area contributed by atoms with Crippen molar-refractivity contribution >= 4 is 11.3 Å². The Kier molecular flexibility index (Phi) is 3.97. The van der Waals surface area contributed by atoms with Crippen LogP contribution < -0.4 is 0 Å². The van der Waals surface area contributed by atoms with E-state index in [1.807, 2.05) is 23.5 Å². The van der Waals surface area contributed by atoms with Crippen molar-refractivity contribution in [3.63, 3.8) is 0 Å². The lowest BCUT2D eigenvalue weighted by Crippen LogP contribution is -2.37. The van der Waals surface area contributed by atoms with Crippen LogP contribution in [0.5, 0.6) is 0 Å².